The minimum atomic E-state index is -0.623. The number of nitrogens with zero attached hydrogens (tertiary/aromatic N) is 2. The number of hydrogen-bond acceptors (Lipinski definition) is 6. The average molecular weight is 384 g/mol. The molecule has 2 aromatic rings. The molecule has 0 spiro atoms. The van der Waals surface area contributed by atoms with Crippen LogP contribution >= 0.6 is 0 Å². The Balaban J connectivity index is 1.45. The Morgan fingerprint density at radius 1 is 1.32 bits per heavy atom. The highest BCUT2D eigenvalue weighted by Crippen LogP contribution is 2.18. The fraction of sp³-hybridized carbons (Fsp3) is 0.429. The Morgan fingerprint density at radius 2 is 2.14 bits per heavy atom. The summed E-state index contributed by atoms with van der Waals surface area (Å²) in [6.45, 7) is 3.66. The molecule has 0 radical (unpaired) electrons. The van der Waals surface area contributed by atoms with Gasteiger partial charge in [-0.3, -0.25) is 9.69 Å². The summed E-state index contributed by atoms with van der Waals surface area (Å²) in [7, 11) is 1.84. The van der Waals surface area contributed by atoms with Crippen molar-refractivity contribution < 1.29 is 14.6 Å². The number of benzene rings is 1. The molecule has 1 aromatic carbocycles. The summed E-state index contributed by atoms with van der Waals surface area (Å²) < 4.78 is 5.48. The Kier molecular flexibility index (Phi) is 7.36. The lowest BCUT2D eigenvalue weighted by atomic mass is 10.00. The maximum absolute atomic E-state index is 12.4. The van der Waals surface area contributed by atoms with Crippen LogP contribution in [-0.4, -0.2) is 66.8 Å². The lowest BCUT2D eigenvalue weighted by molar-refractivity contribution is 0.0841. The molecule has 1 atom stereocenters. The molecule has 1 aromatic heterocycles. The van der Waals surface area contributed by atoms with Gasteiger partial charge in [-0.25, -0.2) is 4.98 Å². The van der Waals surface area contributed by atoms with Gasteiger partial charge in [0.25, 0.3) is 5.91 Å². The molecular weight excluding hydrogens is 356 g/mol. The van der Waals surface area contributed by atoms with Crippen molar-refractivity contribution in [1.29, 1.82) is 0 Å². The molecule has 1 aliphatic rings. The Bertz CT molecular complexity index is 784. The SMILES string of the molecule is CNCCOc1cc(C(=O)NC[C@H](O)CN2CCc3ccccc3C2)ccn1. The first kappa shape index (κ1) is 20.3. The van der Waals surface area contributed by atoms with E-state index in [1.54, 1.807) is 18.3 Å². The largest absolute Gasteiger partial charge is 0.476 e. The fourth-order valence-corrected chi connectivity index (χ4v) is 3.27. The van der Waals surface area contributed by atoms with Crippen molar-refractivity contribution in [2.24, 2.45) is 0 Å². The molecule has 7 nitrogen and oxygen atoms in total. The van der Waals surface area contributed by atoms with Gasteiger partial charge < -0.3 is 20.5 Å². The summed E-state index contributed by atoms with van der Waals surface area (Å²) in [4.78, 5) is 18.7. The first-order valence-electron chi connectivity index (χ1n) is 9.64. The average Bonchev–Trinajstić information content (AvgIpc) is 2.72. The molecule has 1 amide bonds. The van der Waals surface area contributed by atoms with Crippen molar-refractivity contribution in [2.45, 2.75) is 19.1 Å². The maximum atomic E-state index is 12.4. The first-order chi connectivity index (χ1) is 13.7. The molecule has 0 fully saturated rings. The van der Waals surface area contributed by atoms with Crippen LogP contribution < -0.4 is 15.4 Å². The lowest BCUT2D eigenvalue weighted by Crippen LogP contribution is -2.42. The predicted molar refractivity (Wildman–Crippen MR) is 107 cm³/mol. The number of aliphatic hydroxyl groups is 1. The van der Waals surface area contributed by atoms with Crippen LogP contribution in [-0.2, 0) is 13.0 Å². The zero-order valence-electron chi connectivity index (χ0n) is 16.2. The maximum Gasteiger partial charge on any atom is 0.251 e. The third-order valence-corrected chi connectivity index (χ3v) is 4.78. The van der Waals surface area contributed by atoms with Gasteiger partial charge in [0, 0.05) is 50.6 Å². The number of aliphatic hydroxyl groups excluding tert-OH is 1. The topological polar surface area (TPSA) is 86.7 Å². The zero-order chi connectivity index (χ0) is 19.8. The zero-order valence-corrected chi connectivity index (χ0v) is 16.2. The Hall–Kier alpha value is -2.48. The number of carbonyl (C=O) groups is 1. The first-order valence-corrected chi connectivity index (χ1v) is 9.64. The van der Waals surface area contributed by atoms with Crippen LogP contribution in [0.5, 0.6) is 5.88 Å². The van der Waals surface area contributed by atoms with Crippen LogP contribution in [0, 0.1) is 0 Å². The highest BCUT2D eigenvalue weighted by Gasteiger charge is 2.19. The number of β-amino-alcohol motifs (C(OH)–C–C–N with tert-alkyl or cyclic N) is 1. The van der Waals surface area contributed by atoms with E-state index in [9.17, 15) is 9.90 Å². The van der Waals surface area contributed by atoms with Gasteiger partial charge in [-0.05, 0) is 30.7 Å². The number of nitrogens with one attached hydrogen (secondary N) is 2. The molecule has 150 valence electrons. The van der Waals surface area contributed by atoms with E-state index in [4.69, 9.17) is 4.74 Å². The standard InChI is InChI=1S/C21H28N4O3/c1-22-9-11-28-20-12-17(6-8-23-20)21(27)24-13-19(26)15-25-10-7-16-4-2-3-5-18(16)14-25/h2-6,8,12,19,22,26H,7,9-11,13-15H2,1H3,(H,24,27)/t19-/m0/s1. The molecule has 3 N–H and O–H groups in total. The number of carbonyl (C=O) groups excluding carboxylic acids is 1. The van der Waals surface area contributed by atoms with E-state index in [-0.39, 0.29) is 12.5 Å². The van der Waals surface area contributed by atoms with E-state index in [1.165, 1.54) is 11.1 Å². The van der Waals surface area contributed by atoms with Crippen molar-refractivity contribution in [3.63, 3.8) is 0 Å². The van der Waals surface area contributed by atoms with Gasteiger partial charge in [0.05, 0.1) is 6.10 Å². The van der Waals surface area contributed by atoms with Crippen molar-refractivity contribution in [2.75, 3.05) is 39.8 Å². The molecular formula is C21H28N4O3. The second-order valence-electron chi connectivity index (χ2n) is 6.95. The van der Waals surface area contributed by atoms with Crippen LogP contribution in [0.25, 0.3) is 0 Å². The summed E-state index contributed by atoms with van der Waals surface area (Å²) >= 11 is 0. The molecule has 0 saturated carbocycles. The second kappa shape index (κ2) is 10.2. The van der Waals surface area contributed by atoms with Crippen molar-refractivity contribution in [1.82, 2.24) is 20.5 Å². The van der Waals surface area contributed by atoms with Crippen LogP contribution in [0.2, 0.25) is 0 Å². The van der Waals surface area contributed by atoms with Gasteiger partial charge in [-0.1, -0.05) is 24.3 Å². The fourth-order valence-electron chi connectivity index (χ4n) is 3.27. The van der Waals surface area contributed by atoms with E-state index in [0.717, 1.165) is 19.5 Å². The number of hydrogen-bond donors (Lipinski definition) is 3. The number of pyridine rings is 1. The number of likely N-dealkylation sites (N-methyl/N-ethyl adjacent to an activating group) is 1. The molecule has 0 bridgehead atoms. The van der Waals surface area contributed by atoms with Gasteiger partial charge in [0.1, 0.15) is 6.61 Å². The minimum absolute atomic E-state index is 0.204. The molecule has 0 unspecified atom stereocenters. The summed E-state index contributed by atoms with van der Waals surface area (Å²) in [5.74, 6) is 0.166. The van der Waals surface area contributed by atoms with E-state index < -0.39 is 6.10 Å². The van der Waals surface area contributed by atoms with Crippen molar-refractivity contribution in [3.8, 4) is 5.88 Å². The number of amides is 1. The Labute approximate surface area is 165 Å². The summed E-state index contributed by atoms with van der Waals surface area (Å²) in [6, 6.07) is 11.6. The molecule has 3 rings (SSSR count). The number of rotatable bonds is 9. The highest BCUT2D eigenvalue weighted by molar-refractivity contribution is 5.94. The summed E-state index contributed by atoms with van der Waals surface area (Å²) in [6.07, 6.45) is 1.91. The van der Waals surface area contributed by atoms with Gasteiger partial charge >= 0.3 is 0 Å². The molecule has 28 heavy (non-hydrogen) atoms. The smallest absolute Gasteiger partial charge is 0.251 e. The van der Waals surface area contributed by atoms with E-state index >= 15 is 0 Å². The third kappa shape index (κ3) is 5.76. The Morgan fingerprint density at radius 3 is 2.96 bits per heavy atom. The monoisotopic (exact) mass is 384 g/mol. The highest BCUT2D eigenvalue weighted by atomic mass is 16.5. The molecule has 7 heteroatoms. The van der Waals surface area contributed by atoms with Gasteiger partial charge in [0.2, 0.25) is 5.88 Å². The summed E-state index contributed by atoms with van der Waals surface area (Å²) in [5, 5.41) is 16.1. The van der Waals surface area contributed by atoms with Gasteiger partial charge in [0.15, 0.2) is 0 Å². The van der Waals surface area contributed by atoms with Gasteiger partial charge in [-0.2, -0.15) is 0 Å². The number of ether oxygens (including phenoxy) is 1. The summed E-state index contributed by atoms with van der Waals surface area (Å²) in [5.41, 5.74) is 3.16. The minimum Gasteiger partial charge on any atom is -0.476 e. The number of aromatic nitrogens is 1. The second-order valence-corrected chi connectivity index (χ2v) is 6.95. The predicted octanol–water partition coefficient (Wildman–Crippen LogP) is 0.829. The quantitative estimate of drug-likeness (QED) is 0.555. The van der Waals surface area contributed by atoms with Crippen molar-refractivity contribution >= 4 is 5.91 Å². The van der Waals surface area contributed by atoms with Crippen molar-refractivity contribution in [3.05, 3.63) is 59.3 Å². The normalized spacial score (nSPS) is 14.9. The van der Waals surface area contributed by atoms with Crippen LogP contribution in [0.1, 0.15) is 21.5 Å². The third-order valence-electron chi connectivity index (χ3n) is 4.78. The van der Waals surface area contributed by atoms with Crippen LogP contribution in [0.15, 0.2) is 42.6 Å². The van der Waals surface area contributed by atoms with Crippen LogP contribution in [0.3, 0.4) is 0 Å². The van der Waals surface area contributed by atoms with Crippen LogP contribution in [0.4, 0.5) is 0 Å². The molecule has 2 heterocycles. The van der Waals surface area contributed by atoms with E-state index in [1.807, 2.05) is 13.1 Å². The number of fused-ring (bicyclic) bond motifs is 1. The molecule has 1 aliphatic heterocycles. The van der Waals surface area contributed by atoms with E-state index in [2.05, 4.69) is 38.7 Å². The van der Waals surface area contributed by atoms with E-state index in [0.29, 0.717) is 31.1 Å². The van der Waals surface area contributed by atoms with Gasteiger partial charge in [-0.15, -0.1) is 0 Å². The lowest BCUT2D eigenvalue weighted by Gasteiger charge is -2.30. The molecule has 0 aliphatic carbocycles. The molecule has 0 saturated heterocycles.